The van der Waals surface area contributed by atoms with Crippen molar-refractivity contribution in [1.82, 2.24) is 5.32 Å². The lowest BCUT2D eigenvalue weighted by Crippen LogP contribution is -2.45. The number of carboxylic acids is 1. The molecule has 1 aromatic carbocycles. The van der Waals surface area contributed by atoms with Crippen LogP contribution >= 0.6 is 0 Å². The van der Waals surface area contributed by atoms with Crippen molar-refractivity contribution in [2.24, 2.45) is 0 Å². The van der Waals surface area contributed by atoms with Crippen molar-refractivity contribution in [3.8, 4) is 0 Å². The van der Waals surface area contributed by atoms with E-state index in [0.29, 0.717) is 4.90 Å². The summed E-state index contributed by atoms with van der Waals surface area (Å²) in [4.78, 5) is 22.9. The Morgan fingerprint density at radius 2 is 1.79 bits per heavy atom. The van der Waals surface area contributed by atoms with Crippen molar-refractivity contribution in [2.45, 2.75) is 6.18 Å². The number of amides is 2. The van der Waals surface area contributed by atoms with Gasteiger partial charge in [0.1, 0.15) is 13.1 Å². The lowest BCUT2D eigenvalue weighted by molar-refractivity contribution is -0.135. The molecule has 1 rings (SSSR count). The lowest BCUT2D eigenvalue weighted by Gasteiger charge is -2.21. The van der Waals surface area contributed by atoms with Gasteiger partial charge in [0.2, 0.25) is 0 Å². The molecule has 0 heterocycles. The third-order valence-electron chi connectivity index (χ3n) is 2.05. The van der Waals surface area contributed by atoms with E-state index in [9.17, 15) is 22.8 Å². The topological polar surface area (TPSA) is 69.6 Å². The molecule has 19 heavy (non-hydrogen) atoms. The fourth-order valence-electron chi connectivity index (χ4n) is 1.29. The molecule has 0 aliphatic heterocycles. The highest BCUT2D eigenvalue weighted by Gasteiger charge is 2.29. The smallest absolute Gasteiger partial charge is 0.405 e. The number of halogens is 3. The van der Waals surface area contributed by atoms with Crippen molar-refractivity contribution in [1.29, 1.82) is 0 Å². The number of carboxylic acid groups (broad SMARTS) is 1. The summed E-state index contributed by atoms with van der Waals surface area (Å²) in [5, 5.41) is 10.3. The molecular formula is C11H11F3N2O3. The van der Waals surface area contributed by atoms with Crippen molar-refractivity contribution in [3.05, 3.63) is 30.3 Å². The Balaban J connectivity index is 2.80. The van der Waals surface area contributed by atoms with E-state index < -0.39 is 31.3 Å². The molecule has 0 spiro atoms. The zero-order chi connectivity index (χ0) is 14.5. The third-order valence-corrected chi connectivity index (χ3v) is 2.05. The molecule has 0 aliphatic rings. The summed E-state index contributed by atoms with van der Waals surface area (Å²) >= 11 is 0. The van der Waals surface area contributed by atoms with Crippen LogP contribution in [-0.2, 0) is 4.79 Å². The fourth-order valence-corrected chi connectivity index (χ4v) is 1.29. The highest BCUT2D eigenvalue weighted by Crippen LogP contribution is 2.15. The summed E-state index contributed by atoms with van der Waals surface area (Å²) in [5.41, 5.74) is 0.199. The minimum absolute atomic E-state index is 0.199. The number of hydrogen-bond donors (Lipinski definition) is 2. The number of carbonyl (C=O) groups excluding carboxylic acids is 1. The van der Waals surface area contributed by atoms with E-state index in [4.69, 9.17) is 5.11 Å². The van der Waals surface area contributed by atoms with E-state index in [-0.39, 0.29) is 5.69 Å². The van der Waals surface area contributed by atoms with Crippen molar-refractivity contribution >= 4 is 17.7 Å². The Morgan fingerprint density at radius 1 is 1.21 bits per heavy atom. The van der Waals surface area contributed by atoms with Crippen LogP contribution in [0, 0.1) is 0 Å². The van der Waals surface area contributed by atoms with Gasteiger partial charge in [0.05, 0.1) is 0 Å². The van der Waals surface area contributed by atoms with Crippen LogP contribution in [0.5, 0.6) is 0 Å². The van der Waals surface area contributed by atoms with Crippen LogP contribution in [-0.4, -0.2) is 36.4 Å². The van der Waals surface area contributed by atoms with Gasteiger partial charge in [-0.05, 0) is 12.1 Å². The Hall–Kier alpha value is -2.25. The number of rotatable bonds is 4. The minimum Gasteiger partial charge on any atom is -0.480 e. The molecule has 0 bridgehead atoms. The maximum absolute atomic E-state index is 12.0. The highest BCUT2D eigenvalue weighted by molar-refractivity contribution is 5.96. The largest absolute Gasteiger partial charge is 0.480 e. The molecule has 104 valence electrons. The van der Waals surface area contributed by atoms with Crippen LogP contribution in [0.15, 0.2) is 30.3 Å². The van der Waals surface area contributed by atoms with E-state index >= 15 is 0 Å². The predicted molar refractivity (Wildman–Crippen MR) is 60.9 cm³/mol. The standard InChI is InChI=1S/C11H11F3N2O3/c12-11(13,14)7-15-10(19)16(6-9(17)18)8-4-2-1-3-5-8/h1-5H,6-7H2,(H,15,19)(H,17,18). The average Bonchev–Trinajstić information content (AvgIpc) is 2.33. The Bertz CT molecular complexity index is 448. The van der Waals surface area contributed by atoms with Crippen molar-refractivity contribution in [2.75, 3.05) is 18.0 Å². The zero-order valence-corrected chi connectivity index (χ0v) is 9.65. The van der Waals surface area contributed by atoms with Crippen LogP contribution in [0.25, 0.3) is 0 Å². The number of benzene rings is 1. The van der Waals surface area contributed by atoms with Gasteiger partial charge in [0.25, 0.3) is 0 Å². The molecule has 2 amide bonds. The number of para-hydroxylation sites is 1. The van der Waals surface area contributed by atoms with E-state index in [1.54, 1.807) is 23.5 Å². The molecule has 0 atom stereocenters. The number of anilines is 1. The van der Waals surface area contributed by atoms with Crippen LogP contribution < -0.4 is 10.2 Å². The maximum Gasteiger partial charge on any atom is 0.405 e. The number of nitrogens with one attached hydrogen (secondary N) is 1. The van der Waals surface area contributed by atoms with Crippen LogP contribution in [0.3, 0.4) is 0 Å². The first kappa shape index (κ1) is 14.8. The first-order valence-corrected chi connectivity index (χ1v) is 5.18. The quantitative estimate of drug-likeness (QED) is 0.881. The third kappa shape index (κ3) is 5.28. The monoisotopic (exact) mass is 276 g/mol. The van der Waals surface area contributed by atoms with Gasteiger partial charge in [-0.1, -0.05) is 18.2 Å². The number of nitrogens with zero attached hydrogens (tertiary/aromatic N) is 1. The van der Waals surface area contributed by atoms with Crippen LogP contribution in [0.1, 0.15) is 0 Å². The molecule has 0 aliphatic carbocycles. The van der Waals surface area contributed by atoms with Crippen molar-refractivity contribution < 1.29 is 27.9 Å². The molecule has 0 radical (unpaired) electrons. The minimum atomic E-state index is -4.55. The van der Waals surface area contributed by atoms with E-state index in [1.807, 2.05) is 0 Å². The highest BCUT2D eigenvalue weighted by atomic mass is 19.4. The SMILES string of the molecule is O=C(O)CN(C(=O)NCC(F)(F)F)c1ccccc1. The molecule has 0 saturated carbocycles. The van der Waals surface area contributed by atoms with Crippen LogP contribution in [0.4, 0.5) is 23.7 Å². The molecular weight excluding hydrogens is 265 g/mol. The summed E-state index contributed by atoms with van der Waals surface area (Å²) in [6.45, 7) is -2.25. The van der Waals surface area contributed by atoms with Gasteiger partial charge < -0.3 is 10.4 Å². The number of alkyl halides is 3. The Labute approximate surface area is 106 Å². The zero-order valence-electron chi connectivity index (χ0n) is 9.65. The van der Waals surface area contributed by atoms with Gasteiger partial charge in [-0.25, -0.2) is 4.79 Å². The van der Waals surface area contributed by atoms with Gasteiger partial charge >= 0.3 is 18.2 Å². The molecule has 5 nitrogen and oxygen atoms in total. The number of hydrogen-bond acceptors (Lipinski definition) is 2. The molecule has 1 aromatic rings. The van der Waals surface area contributed by atoms with Gasteiger partial charge in [-0.2, -0.15) is 13.2 Å². The van der Waals surface area contributed by atoms with Gasteiger partial charge in [0.15, 0.2) is 0 Å². The maximum atomic E-state index is 12.0. The Kier molecular flexibility index (Phi) is 4.74. The summed E-state index contributed by atoms with van der Waals surface area (Å²) in [7, 11) is 0. The second kappa shape index (κ2) is 6.07. The van der Waals surface area contributed by atoms with E-state index in [0.717, 1.165) is 0 Å². The van der Waals surface area contributed by atoms with E-state index in [2.05, 4.69) is 0 Å². The second-order valence-corrected chi connectivity index (χ2v) is 3.59. The Morgan fingerprint density at radius 3 is 2.26 bits per heavy atom. The molecule has 2 N–H and O–H groups in total. The molecule has 0 aromatic heterocycles. The molecule has 0 fully saturated rings. The molecule has 0 unspecified atom stereocenters. The summed E-state index contributed by atoms with van der Waals surface area (Å²) in [6, 6.07) is 6.45. The number of aliphatic carboxylic acids is 1. The first-order chi connectivity index (χ1) is 8.79. The van der Waals surface area contributed by atoms with Crippen molar-refractivity contribution in [3.63, 3.8) is 0 Å². The molecule has 0 saturated heterocycles. The number of carbonyl (C=O) groups is 2. The fraction of sp³-hybridized carbons (Fsp3) is 0.273. The van der Waals surface area contributed by atoms with Gasteiger partial charge in [-0.15, -0.1) is 0 Å². The van der Waals surface area contributed by atoms with E-state index in [1.165, 1.54) is 12.1 Å². The summed E-state index contributed by atoms with van der Waals surface area (Å²) < 4.78 is 36.0. The second-order valence-electron chi connectivity index (χ2n) is 3.59. The number of urea groups is 1. The normalized spacial score (nSPS) is 10.9. The summed E-state index contributed by atoms with van der Waals surface area (Å²) in [6.07, 6.45) is -4.55. The lowest BCUT2D eigenvalue weighted by atomic mass is 10.3. The first-order valence-electron chi connectivity index (χ1n) is 5.18. The molecule has 8 heteroatoms. The summed E-state index contributed by atoms with van der Waals surface area (Å²) in [5.74, 6) is -1.33. The van der Waals surface area contributed by atoms with Gasteiger partial charge in [-0.3, -0.25) is 9.69 Å². The predicted octanol–water partition coefficient (Wildman–Crippen LogP) is 1.85. The average molecular weight is 276 g/mol. The van der Waals surface area contributed by atoms with Gasteiger partial charge in [0, 0.05) is 5.69 Å². The van der Waals surface area contributed by atoms with Crippen LogP contribution in [0.2, 0.25) is 0 Å².